The van der Waals surface area contributed by atoms with Crippen LogP contribution in [-0.2, 0) is 0 Å². The van der Waals surface area contributed by atoms with Gasteiger partial charge in [-0.1, -0.05) is 13.0 Å². The summed E-state index contributed by atoms with van der Waals surface area (Å²) >= 11 is 0. The van der Waals surface area contributed by atoms with Gasteiger partial charge in [-0.3, -0.25) is 4.79 Å². The molecule has 1 aromatic rings. The van der Waals surface area contributed by atoms with Crippen molar-refractivity contribution in [3.8, 4) is 0 Å². The van der Waals surface area contributed by atoms with Crippen molar-refractivity contribution in [1.29, 1.82) is 0 Å². The number of carbonyl (C=O) groups excluding carboxylic acids is 1. The molecule has 2 heteroatoms. The Bertz CT molecular complexity index is 357. The fraction of sp³-hybridized carbons (Fsp3) is 0.364. The van der Waals surface area contributed by atoms with Gasteiger partial charge in [-0.15, -0.1) is 0 Å². The maximum atomic E-state index is 12.8. The lowest BCUT2D eigenvalue weighted by molar-refractivity contribution is 0.0988. The van der Waals surface area contributed by atoms with Gasteiger partial charge in [0.05, 0.1) is 0 Å². The molecule has 0 aliphatic heterocycles. The van der Waals surface area contributed by atoms with Crippen molar-refractivity contribution in [3.05, 3.63) is 35.1 Å². The van der Waals surface area contributed by atoms with Crippen molar-refractivity contribution >= 4 is 5.78 Å². The molecular formula is C11H11FO. The van der Waals surface area contributed by atoms with E-state index in [0.29, 0.717) is 17.9 Å². The van der Waals surface area contributed by atoms with E-state index >= 15 is 0 Å². The predicted octanol–water partition coefficient (Wildman–Crippen LogP) is 2.91. The topological polar surface area (TPSA) is 17.1 Å². The first-order chi connectivity index (χ1) is 6.22. The fourth-order valence-electron chi connectivity index (χ4n) is 1.93. The zero-order valence-corrected chi connectivity index (χ0v) is 7.51. The van der Waals surface area contributed by atoms with E-state index in [9.17, 15) is 9.18 Å². The number of benzene rings is 1. The molecule has 0 saturated carbocycles. The second-order valence-corrected chi connectivity index (χ2v) is 3.46. The van der Waals surface area contributed by atoms with E-state index in [1.165, 1.54) is 12.1 Å². The lowest BCUT2D eigenvalue weighted by Crippen LogP contribution is -1.91. The second kappa shape index (κ2) is 2.95. The van der Waals surface area contributed by atoms with Crippen molar-refractivity contribution in [3.63, 3.8) is 0 Å². The number of hydrogen-bond donors (Lipinski definition) is 0. The first-order valence-electron chi connectivity index (χ1n) is 4.55. The summed E-state index contributed by atoms with van der Waals surface area (Å²) in [6.45, 7) is 2.05. The summed E-state index contributed by atoms with van der Waals surface area (Å²) < 4.78 is 12.8. The van der Waals surface area contributed by atoms with Crippen LogP contribution in [0.4, 0.5) is 4.39 Å². The third-order valence-corrected chi connectivity index (χ3v) is 2.68. The van der Waals surface area contributed by atoms with E-state index in [1.54, 1.807) is 6.07 Å². The summed E-state index contributed by atoms with van der Waals surface area (Å²) in [5.74, 6) is 0.0771. The Morgan fingerprint density at radius 3 is 3.00 bits per heavy atom. The number of Topliss-reactive ketones (excluding diaryl/α,β-unsaturated/α-hetero) is 1. The van der Waals surface area contributed by atoms with Crippen LogP contribution in [0.3, 0.4) is 0 Å². The number of ketones is 1. The molecule has 1 atom stereocenters. The average molecular weight is 178 g/mol. The highest BCUT2D eigenvalue weighted by Crippen LogP contribution is 2.35. The van der Waals surface area contributed by atoms with Gasteiger partial charge in [-0.05, 0) is 30.0 Å². The van der Waals surface area contributed by atoms with Crippen molar-refractivity contribution in [2.75, 3.05) is 0 Å². The summed E-state index contributed by atoms with van der Waals surface area (Å²) in [5, 5.41) is 0. The smallest absolute Gasteiger partial charge is 0.163 e. The second-order valence-electron chi connectivity index (χ2n) is 3.46. The van der Waals surface area contributed by atoms with Crippen LogP contribution in [-0.4, -0.2) is 5.78 Å². The van der Waals surface area contributed by atoms with Crippen LogP contribution in [0.1, 0.15) is 41.6 Å². The van der Waals surface area contributed by atoms with Crippen LogP contribution < -0.4 is 0 Å². The molecule has 1 aromatic carbocycles. The Hall–Kier alpha value is -1.18. The Morgan fingerprint density at radius 2 is 2.31 bits per heavy atom. The quantitative estimate of drug-likeness (QED) is 0.646. The summed E-state index contributed by atoms with van der Waals surface area (Å²) in [6.07, 6.45) is 1.50. The van der Waals surface area contributed by atoms with Gasteiger partial charge in [-0.25, -0.2) is 4.39 Å². The number of hydrogen-bond acceptors (Lipinski definition) is 1. The molecule has 2 rings (SSSR count). The number of rotatable bonds is 1. The van der Waals surface area contributed by atoms with Crippen molar-refractivity contribution in [1.82, 2.24) is 0 Å². The van der Waals surface area contributed by atoms with Crippen LogP contribution in [0.25, 0.3) is 0 Å². The minimum atomic E-state index is -0.316. The molecule has 0 amide bonds. The Labute approximate surface area is 76.6 Å². The molecule has 0 N–H and O–H groups in total. The standard InChI is InChI=1S/C11H11FO/c1-2-7-5-11(13)10-6-8(12)3-4-9(7)10/h3-4,6-7H,2,5H2,1H3. The molecule has 1 aliphatic rings. The minimum Gasteiger partial charge on any atom is -0.294 e. The zero-order chi connectivity index (χ0) is 9.42. The Balaban J connectivity index is 2.52. The molecule has 0 spiro atoms. The largest absolute Gasteiger partial charge is 0.294 e. The third-order valence-electron chi connectivity index (χ3n) is 2.68. The van der Waals surface area contributed by atoms with Gasteiger partial charge in [0.25, 0.3) is 0 Å². The molecule has 0 radical (unpaired) electrons. The molecule has 13 heavy (non-hydrogen) atoms. The van der Waals surface area contributed by atoms with Gasteiger partial charge in [0, 0.05) is 12.0 Å². The lowest BCUT2D eigenvalue weighted by atomic mass is 9.99. The average Bonchev–Trinajstić information content (AvgIpc) is 2.43. The van der Waals surface area contributed by atoms with Crippen LogP contribution >= 0.6 is 0 Å². The molecule has 1 aliphatic carbocycles. The van der Waals surface area contributed by atoms with E-state index in [2.05, 4.69) is 6.92 Å². The van der Waals surface area contributed by atoms with Crippen LogP contribution in [0.15, 0.2) is 18.2 Å². The number of fused-ring (bicyclic) bond motifs is 1. The maximum absolute atomic E-state index is 12.8. The van der Waals surface area contributed by atoms with E-state index in [0.717, 1.165) is 12.0 Å². The van der Waals surface area contributed by atoms with Crippen LogP contribution in [0.5, 0.6) is 0 Å². The van der Waals surface area contributed by atoms with Gasteiger partial charge < -0.3 is 0 Å². The first-order valence-corrected chi connectivity index (χ1v) is 4.55. The van der Waals surface area contributed by atoms with Crippen molar-refractivity contribution in [2.24, 2.45) is 0 Å². The third kappa shape index (κ3) is 1.26. The molecule has 1 unspecified atom stereocenters. The van der Waals surface area contributed by atoms with E-state index in [4.69, 9.17) is 0 Å². The van der Waals surface area contributed by atoms with Crippen LogP contribution in [0.2, 0.25) is 0 Å². The molecular weight excluding hydrogens is 167 g/mol. The van der Waals surface area contributed by atoms with Gasteiger partial charge in [-0.2, -0.15) is 0 Å². The zero-order valence-electron chi connectivity index (χ0n) is 7.51. The van der Waals surface area contributed by atoms with Crippen LogP contribution in [0, 0.1) is 5.82 Å². The predicted molar refractivity (Wildman–Crippen MR) is 48.4 cm³/mol. The van der Waals surface area contributed by atoms with E-state index in [1.807, 2.05) is 0 Å². The molecule has 0 saturated heterocycles. The molecule has 0 aromatic heterocycles. The van der Waals surface area contributed by atoms with Gasteiger partial charge in [0.2, 0.25) is 0 Å². The fourth-order valence-corrected chi connectivity index (χ4v) is 1.93. The van der Waals surface area contributed by atoms with Gasteiger partial charge in [0.1, 0.15) is 5.82 Å². The Kier molecular flexibility index (Phi) is 1.91. The van der Waals surface area contributed by atoms with Crippen molar-refractivity contribution in [2.45, 2.75) is 25.7 Å². The van der Waals surface area contributed by atoms with E-state index < -0.39 is 0 Å². The molecule has 0 bridgehead atoms. The summed E-state index contributed by atoms with van der Waals surface area (Å²) in [4.78, 5) is 11.4. The van der Waals surface area contributed by atoms with Crippen molar-refractivity contribution < 1.29 is 9.18 Å². The minimum absolute atomic E-state index is 0.0846. The highest BCUT2D eigenvalue weighted by atomic mass is 19.1. The highest BCUT2D eigenvalue weighted by molar-refractivity contribution is 6.01. The number of carbonyl (C=O) groups is 1. The lowest BCUT2D eigenvalue weighted by Gasteiger charge is -2.05. The van der Waals surface area contributed by atoms with Gasteiger partial charge >= 0.3 is 0 Å². The summed E-state index contributed by atoms with van der Waals surface area (Å²) in [5.41, 5.74) is 1.61. The monoisotopic (exact) mass is 178 g/mol. The molecule has 1 nitrogen and oxygen atoms in total. The molecule has 0 heterocycles. The summed E-state index contributed by atoms with van der Waals surface area (Å²) in [6, 6.07) is 4.52. The van der Waals surface area contributed by atoms with E-state index in [-0.39, 0.29) is 11.6 Å². The highest BCUT2D eigenvalue weighted by Gasteiger charge is 2.27. The van der Waals surface area contributed by atoms with Gasteiger partial charge in [0.15, 0.2) is 5.78 Å². The SMILES string of the molecule is CCC1CC(=O)c2cc(F)ccc21. The Morgan fingerprint density at radius 1 is 1.54 bits per heavy atom. The summed E-state index contributed by atoms with van der Waals surface area (Å²) in [7, 11) is 0. The normalized spacial score (nSPS) is 20.5. The first kappa shape index (κ1) is 8.42. The number of halogens is 1. The molecule has 0 fully saturated rings. The maximum Gasteiger partial charge on any atom is 0.163 e. The molecule has 68 valence electrons.